The lowest BCUT2D eigenvalue weighted by Gasteiger charge is -2.53. The second-order valence-electron chi connectivity index (χ2n) is 12.3. The number of carbonyl (C=O) groups is 2. The molecule has 0 bridgehead atoms. The van der Waals surface area contributed by atoms with E-state index in [0.717, 1.165) is 32.1 Å². The maximum absolute atomic E-state index is 16.2. The van der Waals surface area contributed by atoms with E-state index in [0.29, 0.717) is 12.3 Å². The molecule has 1 aromatic carbocycles. The van der Waals surface area contributed by atoms with Crippen LogP contribution in [0.15, 0.2) is 30.3 Å². The van der Waals surface area contributed by atoms with Gasteiger partial charge < -0.3 is 19.1 Å². The Bertz CT molecular complexity index is 1050. The number of unbranched alkanes of at least 4 members (excludes halogenated alkanes) is 1. The Morgan fingerprint density at radius 2 is 1.76 bits per heavy atom. The van der Waals surface area contributed by atoms with Gasteiger partial charge in [-0.2, -0.15) is 0 Å². The van der Waals surface area contributed by atoms with E-state index >= 15 is 8.78 Å². The minimum Gasteiger partial charge on any atom is -0.466 e. The Labute approximate surface area is 251 Å². The molecule has 1 aliphatic heterocycles. The summed E-state index contributed by atoms with van der Waals surface area (Å²) < 4.78 is 65.2. The number of halogens is 2. The number of benzene rings is 1. The number of rotatable bonds is 12. The fourth-order valence-electron chi connectivity index (χ4n) is 5.83. The van der Waals surface area contributed by atoms with Crippen molar-refractivity contribution < 1.29 is 36.8 Å². The zero-order valence-corrected chi connectivity index (χ0v) is 26.5. The molecule has 0 spiro atoms. The second kappa shape index (κ2) is 15.1. The van der Waals surface area contributed by atoms with E-state index in [-0.39, 0.29) is 31.6 Å². The Morgan fingerprint density at radius 3 is 2.36 bits per heavy atom. The Kier molecular flexibility index (Phi) is 12.3. The molecule has 2 fully saturated rings. The largest absolute Gasteiger partial charge is 0.466 e. The molecule has 1 heterocycles. The molecule has 0 radical (unpaired) electrons. The number of nitrogens with one attached hydrogen (secondary N) is 1. The third-order valence-corrected chi connectivity index (χ3v) is 9.29. The normalized spacial score (nSPS) is 26.8. The standard InChI is InChI=1S/C31H48F2N2O6S/c1-6-8-20-42(38)34-30(21-27(36)39-7-2)26(35(19-18-31(30,32)33)28(37)41-29(3,4)5)22-40-25-16-14-24(15-17-25)23-12-10-9-11-13-23/h9-13,24-26,34H,6-8,14-22H2,1-5H3. The van der Waals surface area contributed by atoms with Crippen LogP contribution in [0, 0.1) is 0 Å². The van der Waals surface area contributed by atoms with Gasteiger partial charge >= 0.3 is 12.1 Å². The number of hydrogen-bond acceptors (Lipinski definition) is 6. The average Bonchev–Trinajstić information content (AvgIpc) is 2.92. The van der Waals surface area contributed by atoms with Crippen LogP contribution in [-0.2, 0) is 30.0 Å². The minimum absolute atomic E-state index is 0.00100. The summed E-state index contributed by atoms with van der Waals surface area (Å²) in [5.41, 5.74) is -1.99. The van der Waals surface area contributed by atoms with Gasteiger partial charge in [0.1, 0.15) is 11.1 Å². The molecule has 8 nitrogen and oxygen atoms in total. The molecule has 3 unspecified atom stereocenters. The summed E-state index contributed by atoms with van der Waals surface area (Å²) >= 11 is 0. The summed E-state index contributed by atoms with van der Waals surface area (Å²) in [6, 6.07) is 8.92. The predicted molar refractivity (Wildman–Crippen MR) is 159 cm³/mol. The maximum Gasteiger partial charge on any atom is 0.410 e. The molecule has 1 saturated heterocycles. The first-order chi connectivity index (χ1) is 19.8. The summed E-state index contributed by atoms with van der Waals surface area (Å²) in [6.45, 7) is 8.03. The Hall–Kier alpha value is -2.11. The molecular weight excluding hydrogens is 566 g/mol. The Balaban J connectivity index is 1.92. The number of amides is 1. The van der Waals surface area contributed by atoms with Crippen LogP contribution >= 0.6 is 0 Å². The molecule has 1 saturated carbocycles. The number of likely N-dealkylation sites (tertiary alicyclic amines) is 1. The fourth-order valence-corrected chi connectivity index (χ4v) is 7.25. The quantitative estimate of drug-likeness (QED) is 0.285. The number of hydrogen-bond donors (Lipinski definition) is 1. The highest BCUT2D eigenvalue weighted by Crippen LogP contribution is 2.45. The van der Waals surface area contributed by atoms with E-state index in [1.807, 2.05) is 25.1 Å². The molecule has 0 aromatic heterocycles. The molecule has 1 aliphatic carbocycles. The lowest BCUT2D eigenvalue weighted by Crippen LogP contribution is -2.76. The number of esters is 1. The van der Waals surface area contributed by atoms with E-state index in [4.69, 9.17) is 14.2 Å². The van der Waals surface area contributed by atoms with Crippen molar-refractivity contribution in [3.63, 3.8) is 0 Å². The van der Waals surface area contributed by atoms with Gasteiger partial charge in [0, 0.05) is 18.7 Å². The lowest BCUT2D eigenvalue weighted by molar-refractivity contribution is -0.180. The van der Waals surface area contributed by atoms with Crippen LogP contribution in [0.5, 0.6) is 0 Å². The van der Waals surface area contributed by atoms with Crippen LogP contribution in [0.4, 0.5) is 13.6 Å². The number of piperidine rings is 1. The third kappa shape index (κ3) is 8.95. The maximum atomic E-state index is 16.2. The topological polar surface area (TPSA) is 94.2 Å². The van der Waals surface area contributed by atoms with Gasteiger partial charge in [0.25, 0.3) is 5.92 Å². The fraction of sp³-hybridized carbons (Fsp3) is 0.742. The molecule has 238 valence electrons. The monoisotopic (exact) mass is 614 g/mol. The molecule has 3 atom stereocenters. The van der Waals surface area contributed by atoms with Gasteiger partial charge in [0.2, 0.25) is 0 Å². The molecule has 11 heteroatoms. The van der Waals surface area contributed by atoms with Gasteiger partial charge in [-0.3, -0.25) is 4.79 Å². The number of carbonyl (C=O) groups excluding carboxylic acids is 2. The summed E-state index contributed by atoms with van der Waals surface area (Å²) in [5.74, 6) is -3.84. The van der Waals surface area contributed by atoms with E-state index in [1.54, 1.807) is 27.7 Å². The highest BCUT2D eigenvalue weighted by atomic mass is 32.2. The summed E-state index contributed by atoms with van der Waals surface area (Å²) in [4.78, 5) is 27.5. The average molecular weight is 615 g/mol. The smallest absolute Gasteiger partial charge is 0.410 e. The minimum atomic E-state index is -3.50. The van der Waals surface area contributed by atoms with Crippen LogP contribution in [0.2, 0.25) is 0 Å². The van der Waals surface area contributed by atoms with Gasteiger partial charge in [-0.05, 0) is 71.3 Å². The first-order valence-corrected chi connectivity index (χ1v) is 16.5. The summed E-state index contributed by atoms with van der Waals surface area (Å²) in [6.07, 6.45) is 2.00. The van der Waals surface area contributed by atoms with Crippen molar-refractivity contribution in [2.75, 3.05) is 25.5 Å². The molecule has 1 N–H and O–H groups in total. The van der Waals surface area contributed by atoms with Crippen molar-refractivity contribution in [1.82, 2.24) is 9.62 Å². The SMILES string of the molecule is CCCCS(=O)NC1(CC(=O)OCC)C(COC2CCC(c3ccccc3)CC2)N(C(=O)OC(C)(C)C)CCC1(F)F. The zero-order valence-electron chi connectivity index (χ0n) is 25.7. The van der Waals surface area contributed by atoms with Crippen molar-refractivity contribution in [3.05, 3.63) is 35.9 Å². The van der Waals surface area contributed by atoms with Gasteiger partial charge in [0.05, 0.1) is 42.8 Å². The van der Waals surface area contributed by atoms with Crippen LogP contribution in [0.1, 0.15) is 97.5 Å². The zero-order chi connectivity index (χ0) is 31.0. The van der Waals surface area contributed by atoms with Gasteiger partial charge in [-0.15, -0.1) is 0 Å². The van der Waals surface area contributed by atoms with Crippen LogP contribution in [0.3, 0.4) is 0 Å². The highest BCUT2D eigenvalue weighted by molar-refractivity contribution is 7.83. The van der Waals surface area contributed by atoms with Crippen LogP contribution in [-0.4, -0.2) is 75.9 Å². The van der Waals surface area contributed by atoms with Gasteiger partial charge in [-0.1, -0.05) is 43.7 Å². The first kappa shape index (κ1) is 34.4. The molecule has 2 aliphatic rings. The van der Waals surface area contributed by atoms with Crippen LogP contribution in [0.25, 0.3) is 0 Å². The van der Waals surface area contributed by atoms with Crippen molar-refractivity contribution in [1.29, 1.82) is 0 Å². The summed E-state index contributed by atoms with van der Waals surface area (Å²) in [5, 5.41) is 0. The second-order valence-corrected chi connectivity index (χ2v) is 13.6. The molecule has 42 heavy (non-hydrogen) atoms. The molecule has 1 amide bonds. The lowest BCUT2D eigenvalue weighted by atomic mass is 9.76. The van der Waals surface area contributed by atoms with Crippen molar-refractivity contribution in [2.45, 2.75) is 121 Å². The number of nitrogens with zero attached hydrogens (tertiary/aromatic N) is 1. The van der Waals surface area contributed by atoms with Crippen molar-refractivity contribution >= 4 is 23.0 Å². The van der Waals surface area contributed by atoms with E-state index in [1.165, 1.54) is 10.5 Å². The van der Waals surface area contributed by atoms with Crippen molar-refractivity contribution in [3.8, 4) is 0 Å². The third-order valence-electron chi connectivity index (χ3n) is 8.04. The molecule has 1 aromatic rings. The summed E-state index contributed by atoms with van der Waals surface area (Å²) in [7, 11) is -1.90. The van der Waals surface area contributed by atoms with Crippen LogP contribution < -0.4 is 4.72 Å². The van der Waals surface area contributed by atoms with E-state index < -0.39 is 59.0 Å². The van der Waals surface area contributed by atoms with Gasteiger partial charge in [0.15, 0.2) is 0 Å². The predicted octanol–water partition coefficient (Wildman–Crippen LogP) is 6.12. The number of ether oxygens (including phenoxy) is 3. The van der Waals surface area contributed by atoms with Crippen molar-refractivity contribution in [2.24, 2.45) is 0 Å². The van der Waals surface area contributed by atoms with Gasteiger partial charge in [-0.25, -0.2) is 22.5 Å². The first-order valence-electron chi connectivity index (χ1n) is 15.2. The Morgan fingerprint density at radius 1 is 1.10 bits per heavy atom. The molecular formula is C31H48F2N2O6S. The van der Waals surface area contributed by atoms with E-state index in [9.17, 15) is 13.8 Å². The molecule has 3 rings (SSSR count). The highest BCUT2D eigenvalue weighted by Gasteiger charge is 2.65. The van der Waals surface area contributed by atoms with E-state index in [2.05, 4.69) is 16.9 Å². The number of alkyl halides is 2.